The Morgan fingerprint density at radius 1 is 1.27 bits per heavy atom. The fourth-order valence-electron chi connectivity index (χ4n) is 2.55. The maximum absolute atomic E-state index is 13.1. The van der Waals surface area contributed by atoms with Gasteiger partial charge in [-0.2, -0.15) is 0 Å². The Labute approximate surface area is 127 Å². The number of nitrogens with zero attached hydrogens (tertiary/aromatic N) is 3. The van der Waals surface area contributed by atoms with E-state index in [0.29, 0.717) is 25.2 Å². The fraction of sp³-hybridized carbons (Fsp3) is 0.267. The zero-order chi connectivity index (χ0) is 15.0. The van der Waals surface area contributed by atoms with Crippen molar-refractivity contribution >= 4 is 11.9 Å². The van der Waals surface area contributed by atoms with Crippen LogP contribution in [0.4, 0.5) is 10.3 Å². The average molecular weight is 304 g/mol. The van der Waals surface area contributed by atoms with Crippen LogP contribution in [0.3, 0.4) is 0 Å². The van der Waals surface area contributed by atoms with E-state index < -0.39 is 0 Å². The van der Waals surface area contributed by atoms with E-state index in [1.807, 2.05) is 0 Å². The molecule has 0 fully saturated rings. The van der Waals surface area contributed by atoms with Gasteiger partial charge in [0.2, 0.25) is 11.9 Å². The summed E-state index contributed by atoms with van der Waals surface area (Å²) in [5, 5.41) is 0. The van der Waals surface area contributed by atoms with Crippen LogP contribution >= 0.6 is 0 Å². The third kappa shape index (κ3) is 2.89. The molecular weight excluding hydrogens is 287 g/mol. The number of benzene rings is 1. The molecule has 0 spiro atoms. The zero-order valence-corrected chi connectivity index (χ0v) is 12.1. The van der Waals surface area contributed by atoms with Gasteiger partial charge in [0.1, 0.15) is 5.82 Å². The van der Waals surface area contributed by atoms with Crippen LogP contribution in [0, 0.1) is 5.82 Å². The number of anilines is 1. The highest BCUT2D eigenvalue weighted by molar-refractivity contribution is 5.74. The number of fused-ring (bicyclic) bond motifs is 1. The first-order valence-corrected chi connectivity index (χ1v) is 6.71. The van der Waals surface area contributed by atoms with Gasteiger partial charge in [-0.3, -0.25) is 4.79 Å². The molecule has 4 N–H and O–H groups in total. The Hall–Kier alpha value is -2.54. The molecule has 2 heterocycles. The highest BCUT2D eigenvalue weighted by atomic mass is 19.1. The lowest BCUT2D eigenvalue weighted by atomic mass is 9.99. The van der Waals surface area contributed by atoms with Crippen molar-refractivity contribution in [3.8, 4) is 11.3 Å². The van der Waals surface area contributed by atoms with Crippen LogP contribution in [0.5, 0.6) is 0 Å². The highest BCUT2D eigenvalue weighted by Crippen LogP contribution is 2.28. The quantitative estimate of drug-likeness (QED) is 0.846. The van der Waals surface area contributed by atoms with E-state index in [9.17, 15) is 9.18 Å². The average Bonchev–Trinajstić information content (AvgIpc) is 2.46. The van der Waals surface area contributed by atoms with Crippen LogP contribution in [-0.2, 0) is 17.8 Å². The second-order valence-electron chi connectivity index (χ2n) is 5.05. The van der Waals surface area contributed by atoms with Crippen molar-refractivity contribution in [1.29, 1.82) is 0 Å². The molecular formula is C15H17FN4O2. The Balaban J connectivity index is 0.00000176. The van der Waals surface area contributed by atoms with E-state index in [1.165, 1.54) is 12.1 Å². The summed E-state index contributed by atoms with van der Waals surface area (Å²) in [5.41, 5.74) is 8.95. The van der Waals surface area contributed by atoms with E-state index in [4.69, 9.17) is 5.73 Å². The molecule has 1 aliphatic heterocycles. The number of rotatable bonds is 1. The smallest absolute Gasteiger partial charge is 0.220 e. The Bertz CT molecular complexity index is 703. The van der Waals surface area contributed by atoms with Gasteiger partial charge in [-0.25, -0.2) is 14.4 Å². The number of carbonyl (C=O) groups is 1. The van der Waals surface area contributed by atoms with Crippen LogP contribution in [-0.4, -0.2) is 32.8 Å². The first-order chi connectivity index (χ1) is 10.0. The van der Waals surface area contributed by atoms with Gasteiger partial charge in [0, 0.05) is 37.6 Å². The van der Waals surface area contributed by atoms with Crippen LogP contribution < -0.4 is 5.73 Å². The van der Waals surface area contributed by atoms with Crippen molar-refractivity contribution in [2.45, 2.75) is 19.9 Å². The Morgan fingerprint density at radius 3 is 2.59 bits per heavy atom. The van der Waals surface area contributed by atoms with Crippen LogP contribution in [0.25, 0.3) is 11.3 Å². The summed E-state index contributed by atoms with van der Waals surface area (Å²) in [6.45, 7) is 2.63. The molecule has 0 saturated heterocycles. The van der Waals surface area contributed by atoms with Gasteiger partial charge in [0.05, 0.1) is 11.4 Å². The highest BCUT2D eigenvalue weighted by Gasteiger charge is 2.24. The number of nitrogen functional groups attached to an aromatic ring is 1. The second-order valence-corrected chi connectivity index (χ2v) is 5.05. The summed E-state index contributed by atoms with van der Waals surface area (Å²) in [6.07, 6.45) is 0.649. The van der Waals surface area contributed by atoms with Crippen molar-refractivity contribution < 1.29 is 14.7 Å². The zero-order valence-electron chi connectivity index (χ0n) is 12.1. The van der Waals surface area contributed by atoms with E-state index >= 15 is 0 Å². The van der Waals surface area contributed by atoms with Gasteiger partial charge in [-0.15, -0.1) is 0 Å². The lowest BCUT2D eigenvalue weighted by molar-refractivity contribution is -0.129. The molecule has 0 unspecified atom stereocenters. The third-order valence-electron chi connectivity index (χ3n) is 3.64. The van der Waals surface area contributed by atoms with Crippen LogP contribution in [0.15, 0.2) is 24.3 Å². The SMILES string of the molecule is CC(=O)N1CCc2nc(N)nc(-c3ccc(F)cc3)c2C1.O. The van der Waals surface area contributed by atoms with Crippen molar-refractivity contribution in [1.82, 2.24) is 14.9 Å². The first kappa shape index (κ1) is 15.8. The minimum atomic E-state index is -0.306. The molecule has 116 valence electrons. The van der Waals surface area contributed by atoms with Gasteiger partial charge in [0.25, 0.3) is 0 Å². The van der Waals surface area contributed by atoms with Crippen LogP contribution in [0.2, 0.25) is 0 Å². The van der Waals surface area contributed by atoms with Crippen molar-refractivity contribution in [3.63, 3.8) is 0 Å². The van der Waals surface area contributed by atoms with E-state index in [-0.39, 0.29) is 23.1 Å². The number of aromatic nitrogens is 2. The van der Waals surface area contributed by atoms with Crippen molar-refractivity contribution in [2.75, 3.05) is 12.3 Å². The molecule has 0 aliphatic carbocycles. The maximum atomic E-state index is 13.1. The number of amides is 1. The first-order valence-electron chi connectivity index (χ1n) is 6.71. The lowest BCUT2D eigenvalue weighted by Gasteiger charge is -2.28. The largest absolute Gasteiger partial charge is 0.412 e. The summed E-state index contributed by atoms with van der Waals surface area (Å²) in [6, 6.07) is 6.07. The molecule has 3 rings (SSSR count). The molecule has 0 saturated carbocycles. The van der Waals surface area contributed by atoms with Gasteiger partial charge in [-0.05, 0) is 24.3 Å². The number of hydrogen-bond donors (Lipinski definition) is 1. The molecule has 22 heavy (non-hydrogen) atoms. The molecule has 7 heteroatoms. The monoisotopic (exact) mass is 304 g/mol. The molecule has 0 atom stereocenters. The predicted octanol–water partition coefficient (Wildman–Crippen LogP) is 0.945. The fourth-order valence-corrected chi connectivity index (χ4v) is 2.55. The predicted molar refractivity (Wildman–Crippen MR) is 80.2 cm³/mol. The normalized spacial score (nSPS) is 13.3. The molecule has 1 amide bonds. The molecule has 0 bridgehead atoms. The number of nitrogens with two attached hydrogens (primary N) is 1. The summed E-state index contributed by atoms with van der Waals surface area (Å²) in [5.74, 6) is -0.0908. The second kappa shape index (κ2) is 6.07. The van der Waals surface area contributed by atoms with Gasteiger partial charge >= 0.3 is 0 Å². The minimum absolute atomic E-state index is 0. The third-order valence-corrected chi connectivity index (χ3v) is 3.64. The van der Waals surface area contributed by atoms with Gasteiger partial charge in [-0.1, -0.05) is 0 Å². The van der Waals surface area contributed by atoms with Crippen LogP contribution in [0.1, 0.15) is 18.2 Å². The summed E-state index contributed by atoms with van der Waals surface area (Å²) in [4.78, 5) is 21.9. The number of halogens is 1. The summed E-state index contributed by atoms with van der Waals surface area (Å²) in [7, 11) is 0. The van der Waals surface area contributed by atoms with E-state index in [0.717, 1.165) is 16.8 Å². The van der Waals surface area contributed by atoms with E-state index in [1.54, 1.807) is 24.0 Å². The van der Waals surface area contributed by atoms with Crippen molar-refractivity contribution in [3.05, 3.63) is 41.3 Å². The standard InChI is InChI=1S/C15H15FN4O.H2O/c1-9(21)20-7-6-13-12(8-20)14(19-15(17)18-13)10-2-4-11(16)5-3-10;/h2-5H,6-8H2,1H3,(H2,17,18,19);1H2. The molecule has 1 aliphatic rings. The summed E-state index contributed by atoms with van der Waals surface area (Å²) >= 11 is 0. The molecule has 1 aromatic heterocycles. The molecule has 0 radical (unpaired) electrons. The summed E-state index contributed by atoms with van der Waals surface area (Å²) < 4.78 is 13.1. The Kier molecular flexibility index (Phi) is 4.37. The van der Waals surface area contributed by atoms with Gasteiger partial charge in [0.15, 0.2) is 0 Å². The topological polar surface area (TPSA) is 104 Å². The minimum Gasteiger partial charge on any atom is -0.412 e. The molecule has 2 aromatic rings. The van der Waals surface area contributed by atoms with E-state index in [2.05, 4.69) is 9.97 Å². The maximum Gasteiger partial charge on any atom is 0.220 e. The van der Waals surface area contributed by atoms with Gasteiger partial charge < -0.3 is 16.1 Å². The number of hydrogen-bond acceptors (Lipinski definition) is 4. The van der Waals surface area contributed by atoms with Crippen molar-refractivity contribution in [2.24, 2.45) is 0 Å². The lowest BCUT2D eigenvalue weighted by Crippen LogP contribution is -2.35. The molecule has 1 aromatic carbocycles. The Morgan fingerprint density at radius 2 is 1.95 bits per heavy atom. The molecule has 6 nitrogen and oxygen atoms in total. The number of carbonyl (C=O) groups excluding carboxylic acids is 1.